The van der Waals surface area contributed by atoms with Gasteiger partial charge in [0, 0.05) is 10.6 Å². The lowest BCUT2D eigenvalue weighted by atomic mass is 10.2. The van der Waals surface area contributed by atoms with Crippen LogP contribution < -0.4 is 10.9 Å². The number of hydrazine groups is 1. The van der Waals surface area contributed by atoms with E-state index in [9.17, 15) is 0 Å². The minimum absolute atomic E-state index is 0.533. The molecular formula is C13H10Cl2N2S. The molecule has 0 spiro atoms. The maximum absolute atomic E-state index is 6.03. The molecule has 0 bridgehead atoms. The molecular weight excluding hydrogens is 287 g/mol. The fraction of sp³-hybridized carbons (Fsp3) is 0. The van der Waals surface area contributed by atoms with Gasteiger partial charge in [0.1, 0.15) is 4.99 Å². The quantitative estimate of drug-likeness (QED) is 0.653. The molecule has 0 radical (unpaired) electrons. The fourth-order valence-electron chi connectivity index (χ4n) is 1.38. The van der Waals surface area contributed by atoms with Crippen molar-refractivity contribution in [1.82, 2.24) is 5.43 Å². The van der Waals surface area contributed by atoms with Crippen molar-refractivity contribution in [2.24, 2.45) is 0 Å². The summed E-state index contributed by atoms with van der Waals surface area (Å²) in [6.07, 6.45) is 0. The lowest BCUT2D eigenvalue weighted by molar-refractivity contribution is 1.14. The van der Waals surface area contributed by atoms with E-state index in [2.05, 4.69) is 10.9 Å². The van der Waals surface area contributed by atoms with Crippen LogP contribution in [0.5, 0.6) is 0 Å². The van der Waals surface area contributed by atoms with E-state index >= 15 is 0 Å². The zero-order valence-corrected chi connectivity index (χ0v) is 11.6. The smallest absolute Gasteiger partial charge is 0.125 e. The number of nitrogens with one attached hydrogen (secondary N) is 2. The van der Waals surface area contributed by atoms with Gasteiger partial charge in [0.05, 0.1) is 10.7 Å². The van der Waals surface area contributed by atoms with Crippen LogP contribution in [0.3, 0.4) is 0 Å². The van der Waals surface area contributed by atoms with Crippen molar-refractivity contribution in [3.63, 3.8) is 0 Å². The third kappa shape index (κ3) is 3.35. The minimum atomic E-state index is 0.533. The average Bonchev–Trinajstić information content (AvgIpc) is 2.38. The summed E-state index contributed by atoms with van der Waals surface area (Å²) in [5, 5.41) is 1.13. The van der Waals surface area contributed by atoms with E-state index in [4.69, 9.17) is 35.4 Å². The van der Waals surface area contributed by atoms with Crippen LogP contribution in [0.25, 0.3) is 0 Å². The van der Waals surface area contributed by atoms with Gasteiger partial charge in [0.25, 0.3) is 0 Å². The van der Waals surface area contributed by atoms with E-state index in [1.165, 1.54) is 0 Å². The summed E-state index contributed by atoms with van der Waals surface area (Å²) in [5.41, 5.74) is 7.54. The number of thiocarbonyl (C=S) groups is 1. The van der Waals surface area contributed by atoms with Gasteiger partial charge in [-0.05, 0) is 18.2 Å². The molecule has 0 atom stereocenters. The molecule has 0 aliphatic heterocycles. The molecule has 0 amide bonds. The molecule has 0 saturated carbocycles. The highest BCUT2D eigenvalue weighted by Crippen LogP contribution is 2.24. The summed E-state index contributed by atoms with van der Waals surface area (Å²) in [4.78, 5) is 0.599. The number of anilines is 1. The van der Waals surface area contributed by atoms with Crippen LogP contribution in [0.2, 0.25) is 10.0 Å². The van der Waals surface area contributed by atoms with Gasteiger partial charge < -0.3 is 0 Å². The Kier molecular flexibility index (Phi) is 4.42. The van der Waals surface area contributed by atoms with Crippen molar-refractivity contribution in [1.29, 1.82) is 0 Å². The first-order valence-electron chi connectivity index (χ1n) is 5.23. The highest BCUT2D eigenvalue weighted by Gasteiger charge is 2.02. The molecule has 2 N–H and O–H groups in total. The molecule has 0 heterocycles. The number of hydrogen-bond acceptors (Lipinski definition) is 2. The van der Waals surface area contributed by atoms with Crippen LogP contribution in [0, 0.1) is 0 Å². The third-order valence-electron chi connectivity index (χ3n) is 2.28. The van der Waals surface area contributed by atoms with Gasteiger partial charge in [0.2, 0.25) is 0 Å². The van der Waals surface area contributed by atoms with Crippen molar-refractivity contribution >= 4 is 46.1 Å². The lowest BCUT2D eigenvalue weighted by Crippen LogP contribution is -2.28. The van der Waals surface area contributed by atoms with Crippen LogP contribution in [-0.4, -0.2) is 4.99 Å². The van der Waals surface area contributed by atoms with Gasteiger partial charge in [-0.3, -0.25) is 10.9 Å². The predicted octanol–water partition coefficient (Wildman–Crippen LogP) is 4.29. The zero-order valence-electron chi connectivity index (χ0n) is 9.28. The van der Waals surface area contributed by atoms with Crippen molar-refractivity contribution in [3.05, 3.63) is 64.1 Å². The van der Waals surface area contributed by atoms with Gasteiger partial charge in [-0.1, -0.05) is 65.8 Å². The summed E-state index contributed by atoms with van der Waals surface area (Å²) < 4.78 is 0. The van der Waals surface area contributed by atoms with Gasteiger partial charge in [-0.25, -0.2) is 0 Å². The Morgan fingerprint density at radius 2 is 1.72 bits per heavy atom. The van der Waals surface area contributed by atoms with Gasteiger partial charge >= 0.3 is 0 Å². The Labute approximate surface area is 121 Å². The average molecular weight is 297 g/mol. The molecule has 2 rings (SSSR count). The summed E-state index contributed by atoms with van der Waals surface area (Å²) in [6.45, 7) is 0. The normalized spacial score (nSPS) is 9.89. The van der Waals surface area contributed by atoms with E-state index < -0.39 is 0 Å². The largest absolute Gasteiger partial charge is 0.299 e. The van der Waals surface area contributed by atoms with Crippen LogP contribution in [0.15, 0.2) is 48.5 Å². The van der Waals surface area contributed by atoms with E-state index in [-0.39, 0.29) is 0 Å². The number of halogens is 2. The van der Waals surface area contributed by atoms with Crippen LogP contribution in [-0.2, 0) is 0 Å². The third-order valence-corrected chi connectivity index (χ3v) is 3.16. The second-order valence-corrected chi connectivity index (χ2v) is 4.82. The Hall–Kier alpha value is -1.29. The number of rotatable bonds is 3. The maximum Gasteiger partial charge on any atom is 0.125 e. The first-order valence-corrected chi connectivity index (χ1v) is 6.39. The second-order valence-electron chi connectivity index (χ2n) is 3.57. The predicted molar refractivity (Wildman–Crippen MR) is 81.4 cm³/mol. The van der Waals surface area contributed by atoms with E-state index in [0.29, 0.717) is 15.0 Å². The monoisotopic (exact) mass is 296 g/mol. The fourth-order valence-corrected chi connectivity index (χ4v) is 2.02. The Balaban J connectivity index is 2.02. The molecule has 0 aliphatic rings. The van der Waals surface area contributed by atoms with Crippen molar-refractivity contribution in [3.8, 4) is 0 Å². The standard InChI is InChI=1S/C13H10Cl2N2S/c14-10-6-7-12(11(15)8-10)16-17-13(18)9-4-2-1-3-5-9/h1-8,16H,(H,17,18). The first kappa shape index (κ1) is 13.1. The van der Waals surface area contributed by atoms with Crippen molar-refractivity contribution in [2.75, 3.05) is 5.43 Å². The SMILES string of the molecule is S=C(NNc1ccc(Cl)cc1Cl)c1ccccc1. The molecule has 0 unspecified atom stereocenters. The number of hydrogen-bond donors (Lipinski definition) is 2. The molecule has 5 heteroatoms. The Morgan fingerprint density at radius 3 is 2.39 bits per heavy atom. The summed E-state index contributed by atoms with van der Waals surface area (Å²) in [7, 11) is 0. The van der Waals surface area contributed by atoms with E-state index in [1.807, 2.05) is 30.3 Å². The molecule has 2 aromatic carbocycles. The summed E-state index contributed by atoms with van der Waals surface area (Å²) in [6, 6.07) is 14.9. The maximum atomic E-state index is 6.03. The van der Waals surface area contributed by atoms with Crippen LogP contribution in [0.4, 0.5) is 5.69 Å². The molecule has 92 valence electrons. The lowest BCUT2D eigenvalue weighted by Gasteiger charge is -2.12. The topological polar surface area (TPSA) is 24.1 Å². The van der Waals surface area contributed by atoms with Crippen LogP contribution in [0.1, 0.15) is 5.56 Å². The molecule has 0 saturated heterocycles. The summed E-state index contributed by atoms with van der Waals surface area (Å²) >= 11 is 17.1. The van der Waals surface area contributed by atoms with Gasteiger partial charge in [-0.15, -0.1) is 0 Å². The number of benzene rings is 2. The second kappa shape index (κ2) is 6.05. The van der Waals surface area contributed by atoms with E-state index in [0.717, 1.165) is 11.3 Å². The zero-order chi connectivity index (χ0) is 13.0. The highest BCUT2D eigenvalue weighted by molar-refractivity contribution is 7.80. The first-order chi connectivity index (χ1) is 8.66. The van der Waals surface area contributed by atoms with Crippen LogP contribution >= 0.6 is 35.4 Å². The minimum Gasteiger partial charge on any atom is -0.299 e. The van der Waals surface area contributed by atoms with Gasteiger partial charge in [0.15, 0.2) is 0 Å². The summed E-state index contributed by atoms with van der Waals surface area (Å²) in [5.74, 6) is 0. The molecule has 2 nitrogen and oxygen atoms in total. The Morgan fingerprint density at radius 1 is 1.00 bits per heavy atom. The van der Waals surface area contributed by atoms with E-state index in [1.54, 1.807) is 18.2 Å². The Bertz CT molecular complexity index is 558. The molecule has 2 aromatic rings. The van der Waals surface area contributed by atoms with Crippen molar-refractivity contribution in [2.45, 2.75) is 0 Å². The van der Waals surface area contributed by atoms with Gasteiger partial charge in [-0.2, -0.15) is 0 Å². The molecule has 0 fully saturated rings. The highest BCUT2D eigenvalue weighted by atomic mass is 35.5. The van der Waals surface area contributed by atoms with Crippen molar-refractivity contribution < 1.29 is 0 Å². The molecule has 0 aliphatic carbocycles. The molecule has 18 heavy (non-hydrogen) atoms. The molecule has 0 aromatic heterocycles.